The van der Waals surface area contributed by atoms with Crippen LogP contribution in [0.1, 0.15) is 0 Å². The van der Waals surface area contributed by atoms with E-state index in [9.17, 15) is 0 Å². The van der Waals surface area contributed by atoms with Crippen LogP contribution in [0.3, 0.4) is 0 Å². The molecule has 0 amide bonds. The monoisotopic (exact) mass is 214 g/mol. The summed E-state index contributed by atoms with van der Waals surface area (Å²) < 4.78 is 0. The van der Waals surface area contributed by atoms with Crippen LogP contribution in [0.5, 0.6) is 0 Å². The minimum absolute atomic E-state index is 0.675. The molecule has 0 bridgehead atoms. The zero-order valence-corrected chi connectivity index (χ0v) is 6.81. The Bertz CT molecular complexity index is 41.5. The van der Waals surface area contributed by atoms with E-state index in [1.165, 1.54) is 0 Å². The quantitative estimate of drug-likeness (QED) is 0.474. The van der Waals surface area contributed by atoms with Crippen LogP contribution in [0, 0.1) is 0 Å². The summed E-state index contributed by atoms with van der Waals surface area (Å²) in [6.45, 7) is 7.19. The number of hydrogen-bond acceptors (Lipinski definition) is 0. The van der Waals surface area contributed by atoms with Crippen LogP contribution in [0.15, 0.2) is 23.1 Å². The molecule has 0 radical (unpaired) electrons. The predicted octanol–water partition coefficient (Wildman–Crippen LogP) is 0.597. The molecule has 0 N–H and O–H groups in total. The van der Waals surface area contributed by atoms with Crippen molar-refractivity contribution < 1.29 is 0 Å². The Kier molecular flexibility index (Phi) is 6.00. The van der Waals surface area contributed by atoms with E-state index in [1.54, 1.807) is 0 Å². The average molecular weight is 212 g/mol. The van der Waals surface area contributed by atoms with Gasteiger partial charge in [0.15, 0.2) is 0 Å². The fraction of sp³-hybridized carbons (Fsp3) is 0. The fourth-order valence-corrected chi connectivity index (χ4v) is 2.12. The minimum atomic E-state index is 0.675. The van der Waals surface area contributed by atoms with Crippen molar-refractivity contribution in [2.45, 2.75) is 0 Å². The summed E-state index contributed by atoms with van der Waals surface area (Å²) in [5, 5.41) is 0. The molecule has 0 aromatic rings. The fourth-order valence-electron chi connectivity index (χ4n) is 0.0786. The SMILES string of the molecule is C=C[Se][Se]C=C. The van der Waals surface area contributed by atoms with Crippen LogP contribution in [-0.4, -0.2) is 26.3 Å². The van der Waals surface area contributed by atoms with Crippen LogP contribution >= 0.6 is 0 Å². The van der Waals surface area contributed by atoms with Gasteiger partial charge in [0.25, 0.3) is 0 Å². The molecule has 0 heterocycles. The Morgan fingerprint density at radius 3 is 1.50 bits per heavy atom. The Morgan fingerprint density at radius 1 is 1.00 bits per heavy atom. The molecule has 0 saturated carbocycles. The van der Waals surface area contributed by atoms with Crippen molar-refractivity contribution in [3.8, 4) is 0 Å². The summed E-state index contributed by atoms with van der Waals surface area (Å²) in [6.07, 6.45) is 0. The van der Waals surface area contributed by atoms with Crippen LogP contribution in [0.25, 0.3) is 0 Å². The Hall–Kier alpha value is 0.519. The molecule has 0 saturated heterocycles. The van der Waals surface area contributed by atoms with E-state index >= 15 is 0 Å². The van der Waals surface area contributed by atoms with Gasteiger partial charge in [0.2, 0.25) is 0 Å². The van der Waals surface area contributed by atoms with E-state index in [4.69, 9.17) is 0 Å². The normalized spacial score (nSPS) is 7.33. The molecule has 6 heavy (non-hydrogen) atoms. The van der Waals surface area contributed by atoms with Gasteiger partial charge in [-0.05, 0) is 0 Å². The third-order valence-electron chi connectivity index (χ3n) is 0.192. The van der Waals surface area contributed by atoms with Crippen LogP contribution in [0.2, 0.25) is 0 Å². The molecule has 34 valence electrons. The van der Waals surface area contributed by atoms with Crippen LogP contribution in [-0.2, 0) is 0 Å². The standard InChI is InChI=1S/C4H6Se2/c1-3-5-6-4-2/h3-4H,1-2H2. The van der Waals surface area contributed by atoms with E-state index in [0.717, 1.165) is 0 Å². The summed E-state index contributed by atoms with van der Waals surface area (Å²) in [5.74, 6) is 0. The van der Waals surface area contributed by atoms with E-state index in [0.29, 0.717) is 26.3 Å². The van der Waals surface area contributed by atoms with Crippen molar-refractivity contribution in [1.29, 1.82) is 0 Å². The summed E-state index contributed by atoms with van der Waals surface area (Å²) in [5.41, 5.74) is 0. The van der Waals surface area contributed by atoms with Gasteiger partial charge >= 0.3 is 49.4 Å². The Morgan fingerprint density at radius 2 is 1.33 bits per heavy atom. The maximum absolute atomic E-state index is 3.59. The van der Waals surface area contributed by atoms with Gasteiger partial charge in [-0.3, -0.25) is 0 Å². The first kappa shape index (κ1) is 6.52. The molecule has 0 aromatic heterocycles. The molecule has 0 rings (SSSR count). The van der Waals surface area contributed by atoms with Crippen molar-refractivity contribution in [2.75, 3.05) is 0 Å². The zero-order valence-electron chi connectivity index (χ0n) is 3.39. The van der Waals surface area contributed by atoms with Gasteiger partial charge in [-0.15, -0.1) is 0 Å². The third kappa shape index (κ3) is 4.52. The third-order valence-corrected chi connectivity index (χ3v) is 5.17. The molecule has 0 aliphatic rings. The summed E-state index contributed by atoms with van der Waals surface area (Å²) >= 11 is 1.35. The van der Waals surface area contributed by atoms with Gasteiger partial charge in [0.05, 0.1) is 0 Å². The molecule has 0 aliphatic carbocycles. The molecule has 0 unspecified atom stereocenters. The summed E-state index contributed by atoms with van der Waals surface area (Å²) in [4.78, 5) is 3.96. The Balaban J connectivity index is 2.66. The van der Waals surface area contributed by atoms with Crippen LogP contribution in [0.4, 0.5) is 0 Å². The first-order valence-corrected chi connectivity index (χ1v) is 7.77. The van der Waals surface area contributed by atoms with E-state index in [2.05, 4.69) is 13.2 Å². The van der Waals surface area contributed by atoms with Crippen molar-refractivity contribution in [3.63, 3.8) is 0 Å². The summed E-state index contributed by atoms with van der Waals surface area (Å²) in [6, 6.07) is 0. The van der Waals surface area contributed by atoms with Gasteiger partial charge in [0, 0.05) is 0 Å². The van der Waals surface area contributed by atoms with Crippen molar-refractivity contribution in [2.24, 2.45) is 0 Å². The van der Waals surface area contributed by atoms with Crippen molar-refractivity contribution >= 4 is 26.3 Å². The predicted molar refractivity (Wildman–Crippen MR) is 31.9 cm³/mol. The topological polar surface area (TPSA) is 0 Å². The second-order valence-electron chi connectivity index (χ2n) is 0.526. The van der Waals surface area contributed by atoms with Gasteiger partial charge < -0.3 is 0 Å². The first-order valence-electron chi connectivity index (χ1n) is 1.45. The van der Waals surface area contributed by atoms with Gasteiger partial charge in [0.1, 0.15) is 0 Å². The number of rotatable bonds is 3. The first-order chi connectivity index (χ1) is 2.91. The molecule has 0 fully saturated rings. The second kappa shape index (κ2) is 5.52. The molecule has 0 aromatic carbocycles. The second-order valence-corrected chi connectivity index (χ2v) is 6.93. The van der Waals surface area contributed by atoms with Crippen molar-refractivity contribution in [1.82, 2.24) is 0 Å². The van der Waals surface area contributed by atoms with Crippen molar-refractivity contribution in [3.05, 3.63) is 23.1 Å². The number of hydrogen-bond donors (Lipinski definition) is 0. The molecule has 0 nitrogen and oxygen atoms in total. The molecular formula is C4H6Se2. The van der Waals surface area contributed by atoms with Crippen LogP contribution < -0.4 is 0 Å². The van der Waals surface area contributed by atoms with Gasteiger partial charge in [-0.1, -0.05) is 0 Å². The van der Waals surface area contributed by atoms with E-state index < -0.39 is 0 Å². The maximum atomic E-state index is 3.59. The Labute approximate surface area is 49.6 Å². The van der Waals surface area contributed by atoms with E-state index in [1.807, 2.05) is 9.95 Å². The molecule has 2 heteroatoms. The summed E-state index contributed by atoms with van der Waals surface area (Å²) in [7, 11) is 0. The van der Waals surface area contributed by atoms with E-state index in [-0.39, 0.29) is 0 Å². The molecule has 0 aliphatic heterocycles. The zero-order chi connectivity index (χ0) is 4.83. The average Bonchev–Trinajstić information content (AvgIpc) is 1.61. The molecule has 0 atom stereocenters. The van der Waals surface area contributed by atoms with Gasteiger partial charge in [-0.2, -0.15) is 0 Å². The molecule has 0 spiro atoms. The molecular weight excluding hydrogens is 206 g/mol. The van der Waals surface area contributed by atoms with Gasteiger partial charge in [-0.25, -0.2) is 0 Å².